The number of hydrogen-bond donors (Lipinski definition) is 2. The number of fused-ring (bicyclic) bond motifs is 1. The molecule has 0 spiro atoms. The molecule has 0 aliphatic heterocycles. The van der Waals surface area contributed by atoms with E-state index >= 15 is 0 Å². The summed E-state index contributed by atoms with van der Waals surface area (Å²) >= 11 is 0. The molecular weight excluding hydrogens is 262 g/mol. The Kier molecular flexibility index (Phi) is 3.82. The smallest absolute Gasteiger partial charge is 0.216 e. The molecule has 1 aliphatic carbocycles. The number of phenolic OH excluding ortho intramolecular Hbond substituents is 1. The number of carbonyl (C=O) groups excluding carboxylic acids is 1. The number of amides is 1. The fourth-order valence-electron chi connectivity index (χ4n) is 2.84. The van der Waals surface area contributed by atoms with E-state index in [2.05, 4.69) is 17.4 Å². The van der Waals surface area contributed by atoms with Gasteiger partial charge in [0.1, 0.15) is 5.75 Å². The Morgan fingerprint density at radius 1 is 1.29 bits per heavy atom. The van der Waals surface area contributed by atoms with Crippen molar-refractivity contribution < 1.29 is 9.90 Å². The molecule has 2 aromatic rings. The number of nitrogens with one attached hydrogen (secondary N) is 1. The van der Waals surface area contributed by atoms with Crippen LogP contribution in [0.25, 0.3) is 10.8 Å². The third-order valence-electron chi connectivity index (χ3n) is 4.07. The molecule has 2 N–H and O–H groups in total. The van der Waals surface area contributed by atoms with Crippen LogP contribution in [0.3, 0.4) is 0 Å². The number of benzene rings is 2. The van der Waals surface area contributed by atoms with Gasteiger partial charge in [-0.1, -0.05) is 18.2 Å². The minimum Gasteiger partial charge on any atom is -0.508 e. The third kappa shape index (κ3) is 3.54. The molecule has 0 atom stereocenters. The molecule has 2 aromatic carbocycles. The standard InChI is InChI=1S/C18H21NO2/c1-12(20)19-7-6-16-10-14(8-13-2-3-13)9-15-4-5-17(21)11-18(15)16/h4-5,9-11,13,21H,2-3,6-8H2,1H3,(H,19,20). The summed E-state index contributed by atoms with van der Waals surface area (Å²) in [7, 11) is 0. The predicted molar refractivity (Wildman–Crippen MR) is 84.4 cm³/mol. The molecule has 0 unspecified atom stereocenters. The van der Waals surface area contributed by atoms with Crippen LogP contribution in [0.15, 0.2) is 30.3 Å². The first-order valence-electron chi connectivity index (χ1n) is 7.61. The number of hydrogen-bond acceptors (Lipinski definition) is 2. The van der Waals surface area contributed by atoms with E-state index in [1.807, 2.05) is 12.1 Å². The lowest BCUT2D eigenvalue weighted by Crippen LogP contribution is -2.22. The highest BCUT2D eigenvalue weighted by molar-refractivity contribution is 5.88. The fraction of sp³-hybridized carbons (Fsp3) is 0.389. The van der Waals surface area contributed by atoms with E-state index in [9.17, 15) is 9.90 Å². The van der Waals surface area contributed by atoms with Crippen molar-refractivity contribution in [2.75, 3.05) is 6.54 Å². The fourth-order valence-corrected chi connectivity index (χ4v) is 2.84. The van der Waals surface area contributed by atoms with Crippen molar-refractivity contribution in [1.29, 1.82) is 0 Å². The zero-order valence-corrected chi connectivity index (χ0v) is 12.4. The summed E-state index contributed by atoms with van der Waals surface area (Å²) in [5, 5.41) is 14.8. The molecule has 0 radical (unpaired) electrons. The quantitative estimate of drug-likeness (QED) is 0.885. The molecular formula is C18H21NO2. The summed E-state index contributed by atoms with van der Waals surface area (Å²) in [6.45, 7) is 2.17. The first-order chi connectivity index (χ1) is 10.1. The molecule has 0 heterocycles. The summed E-state index contributed by atoms with van der Waals surface area (Å²) in [6, 6.07) is 10.0. The van der Waals surface area contributed by atoms with Crippen LogP contribution in [-0.2, 0) is 17.6 Å². The van der Waals surface area contributed by atoms with Gasteiger partial charge in [-0.15, -0.1) is 0 Å². The van der Waals surface area contributed by atoms with Crippen LogP contribution in [0.1, 0.15) is 30.9 Å². The third-order valence-corrected chi connectivity index (χ3v) is 4.07. The van der Waals surface area contributed by atoms with Gasteiger partial charge in [0, 0.05) is 13.5 Å². The molecule has 1 aliphatic rings. The number of phenols is 1. The number of rotatable bonds is 5. The van der Waals surface area contributed by atoms with Crippen LogP contribution in [0.4, 0.5) is 0 Å². The van der Waals surface area contributed by atoms with Crippen LogP contribution in [-0.4, -0.2) is 17.6 Å². The summed E-state index contributed by atoms with van der Waals surface area (Å²) in [6.07, 6.45) is 4.62. The van der Waals surface area contributed by atoms with E-state index < -0.39 is 0 Å². The predicted octanol–water partition coefficient (Wildman–Crippen LogP) is 3.18. The first-order valence-corrected chi connectivity index (χ1v) is 7.61. The molecule has 110 valence electrons. The Labute approximate surface area is 125 Å². The Balaban J connectivity index is 1.91. The summed E-state index contributed by atoms with van der Waals surface area (Å²) in [4.78, 5) is 11.0. The molecule has 1 amide bonds. The van der Waals surface area contributed by atoms with Crippen molar-refractivity contribution in [2.45, 2.75) is 32.6 Å². The lowest BCUT2D eigenvalue weighted by molar-refractivity contribution is -0.118. The number of aromatic hydroxyl groups is 1. The SMILES string of the molecule is CC(=O)NCCc1cc(CC2CC2)cc2ccc(O)cc12. The highest BCUT2D eigenvalue weighted by Gasteiger charge is 2.21. The van der Waals surface area contributed by atoms with Gasteiger partial charge in [-0.05, 0) is 65.6 Å². The maximum absolute atomic E-state index is 11.0. The van der Waals surface area contributed by atoms with Gasteiger partial charge in [0.25, 0.3) is 0 Å². The van der Waals surface area contributed by atoms with Gasteiger partial charge >= 0.3 is 0 Å². The van der Waals surface area contributed by atoms with Gasteiger partial charge in [-0.3, -0.25) is 4.79 Å². The highest BCUT2D eigenvalue weighted by Crippen LogP contribution is 2.34. The first kappa shape index (κ1) is 13.9. The van der Waals surface area contributed by atoms with E-state index in [1.54, 1.807) is 6.07 Å². The Morgan fingerprint density at radius 3 is 2.81 bits per heavy atom. The Hall–Kier alpha value is -2.03. The second kappa shape index (κ2) is 5.76. The topological polar surface area (TPSA) is 49.3 Å². The second-order valence-electron chi connectivity index (χ2n) is 6.04. The maximum Gasteiger partial charge on any atom is 0.216 e. The average Bonchev–Trinajstić information content (AvgIpc) is 3.23. The van der Waals surface area contributed by atoms with E-state index in [-0.39, 0.29) is 5.91 Å². The van der Waals surface area contributed by atoms with E-state index in [0.717, 1.165) is 24.1 Å². The maximum atomic E-state index is 11.0. The van der Waals surface area contributed by atoms with Gasteiger partial charge in [-0.2, -0.15) is 0 Å². The van der Waals surface area contributed by atoms with Crippen molar-refractivity contribution in [3.05, 3.63) is 41.5 Å². The summed E-state index contributed by atoms with van der Waals surface area (Å²) < 4.78 is 0. The van der Waals surface area contributed by atoms with Crippen LogP contribution >= 0.6 is 0 Å². The molecule has 3 nitrogen and oxygen atoms in total. The van der Waals surface area contributed by atoms with Gasteiger partial charge in [-0.25, -0.2) is 0 Å². The second-order valence-corrected chi connectivity index (χ2v) is 6.04. The van der Waals surface area contributed by atoms with Crippen molar-refractivity contribution >= 4 is 16.7 Å². The van der Waals surface area contributed by atoms with E-state index in [4.69, 9.17) is 0 Å². The average molecular weight is 283 g/mol. The minimum absolute atomic E-state index is 0.00344. The minimum atomic E-state index is -0.00344. The molecule has 3 rings (SSSR count). The van der Waals surface area contributed by atoms with Crippen LogP contribution in [0, 0.1) is 5.92 Å². The zero-order valence-electron chi connectivity index (χ0n) is 12.4. The molecule has 0 bridgehead atoms. The van der Waals surface area contributed by atoms with E-state index in [1.165, 1.54) is 36.3 Å². The normalized spacial score (nSPS) is 14.3. The van der Waals surface area contributed by atoms with Crippen molar-refractivity contribution in [3.8, 4) is 5.75 Å². The lowest BCUT2D eigenvalue weighted by Gasteiger charge is -2.11. The van der Waals surface area contributed by atoms with Crippen LogP contribution in [0.2, 0.25) is 0 Å². The Bertz CT molecular complexity index is 674. The number of carbonyl (C=O) groups is 1. The van der Waals surface area contributed by atoms with Gasteiger partial charge < -0.3 is 10.4 Å². The van der Waals surface area contributed by atoms with Crippen molar-refractivity contribution in [1.82, 2.24) is 5.32 Å². The summed E-state index contributed by atoms with van der Waals surface area (Å²) in [5.41, 5.74) is 2.57. The molecule has 1 saturated carbocycles. The van der Waals surface area contributed by atoms with Crippen LogP contribution in [0.5, 0.6) is 5.75 Å². The van der Waals surface area contributed by atoms with Gasteiger partial charge in [0.2, 0.25) is 5.91 Å². The van der Waals surface area contributed by atoms with Crippen LogP contribution < -0.4 is 5.32 Å². The Morgan fingerprint density at radius 2 is 2.10 bits per heavy atom. The largest absolute Gasteiger partial charge is 0.508 e. The molecule has 0 aromatic heterocycles. The van der Waals surface area contributed by atoms with Crippen molar-refractivity contribution in [2.24, 2.45) is 5.92 Å². The van der Waals surface area contributed by atoms with Gasteiger partial charge in [0.05, 0.1) is 0 Å². The summed E-state index contributed by atoms with van der Waals surface area (Å²) in [5.74, 6) is 1.14. The monoisotopic (exact) mass is 283 g/mol. The molecule has 0 saturated heterocycles. The van der Waals surface area contributed by atoms with Crippen molar-refractivity contribution in [3.63, 3.8) is 0 Å². The lowest BCUT2D eigenvalue weighted by atomic mass is 9.96. The van der Waals surface area contributed by atoms with E-state index in [0.29, 0.717) is 12.3 Å². The molecule has 3 heteroatoms. The van der Waals surface area contributed by atoms with Gasteiger partial charge in [0.15, 0.2) is 0 Å². The molecule has 21 heavy (non-hydrogen) atoms. The zero-order chi connectivity index (χ0) is 14.8. The molecule has 1 fully saturated rings. The highest BCUT2D eigenvalue weighted by atomic mass is 16.3.